The van der Waals surface area contributed by atoms with Crippen molar-refractivity contribution in [1.82, 2.24) is 9.78 Å². The molecule has 0 radical (unpaired) electrons. The van der Waals surface area contributed by atoms with Gasteiger partial charge in [0.2, 0.25) is 0 Å². The van der Waals surface area contributed by atoms with Gasteiger partial charge in [0.05, 0.1) is 22.0 Å². The zero-order chi connectivity index (χ0) is 21.1. The summed E-state index contributed by atoms with van der Waals surface area (Å²) in [4.78, 5) is 23.4. The van der Waals surface area contributed by atoms with Crippen molar-refractivity contribution in [3.63, 3.8) is 0 Å². The average Bonchev–Trinajstić information content (AvgIpc) is 3.10. The van der Waals surface area contributed by atoms with Crippen LogP contribution in [0.2, 0.25) is 0 Å². The lowest BCUT2D eigenvalue weighted by Gasteiger charge is -2.01. The van der Waals surface area contributed by atoms with Crippen LogP contribution in [-0.4, -0.2) is 14.7 Å². The number of aromatic nitrogens is 2. The fourth-order valence-corrected chi connectivity index (χ4v) is 2.85. The third-order valence-corrected chi connectivity index (χ3v) is 4.34. The molecular weight excluding hydrogens is 389 g/mol. The first kappa shape index (κ1) is 18.9. The number of para-hydroxylation sites is 1. The van der Waals surface area contributed by atoms with Crippen molar-refractivity contribution in [2.75, 3.05) is 0 Å². The van der Waals surface area contributed by atoms with Crippen molar-refractivity contribution < 1.29 is 9.31 Å². The first-order chi connectivity index (χ1) is 14.5. The molecule has 0 aliphatic rings. The van der Waals surface area contributed by atoms with E-state index in [9.17, 15) is 19.3 Å². The summed E-state index contributed by atoms with van der Waals surface area (Å²) in [6, 6.07) is 20.0. The zero-order valence-electron chi connectivity index (χ0n) is 15.4. The highest BCUT2D eigenvalue weighted by Gasteiger charge is 2.18. The molecule has 0 aliphatic carbocycles. The molecule has 0 saturated heterocycles. The summed E-state index contributed by atoms with van der Waals surface area (Å²) in [6.07, 6.45) is 0. The van der Waals surface area contributed by atoms with Crippen LogP contribution >= 0.6 is 0 Å². The maximum atomic E-state index is 13.1. The third kappa shape index (κ3) is 3.76. The highest BCUT2D eigenvalue weighted by molar-refractivity contribution is 5.72. The quantitative estimate of drug-likeness (QED) is 0.278. The minimum Gasteiger partial charge on any atom is -0.288 e. The van der Waals surface area contributed by atoms with Gasteiger partial charge in [0.25, 0.3) is 11.2 Å². The van der Waals surface area contributed by atoms with E-state index < -0.39 is 16.3 Å². The molecular formula is C21H14FN5O3. The number of H-pyrrole nitrogens is 1. The van der Waals surface area contributed by atoms with Gasteiger partial charge in [0.15, 0.2) is 5.69 Å². The molecule has 0 amide bonds. The Kier molecular flexibility index (Phi) is 5.00. The summed E-state index contributed by atoms with van der Waals surface area (Å²) in [5.74, 6) is -0.409. The first-order valence-corrected chi connectivity index (χ1v) is 8.85. The Hall–Kier alpha value is -4.40. The third-order valence-electron chi connectivity index (χ3n) is 4.34. The zero-order valence-corrected chi connectivity index (χ0v) is 15.4. The van der Waals surface area contributed by atoms with E-state index >= 15 is 0 Å². The minimum atomic E-state index is -0.503. The first-order valence-electron chi connectivity index (χ1n) is 8.85. The van der Waals surface area contributed by atoms with Crippen molar-refractivity contribution in [2.24, 2.45) is 10.2 Å². The Morgan fingerprint density at radius 2 is 1.57 bits per heavy atom. The Labute approximate surface area is 169 Å². The second kappa shape index (κ2) is 7.92. The molecule has 4 aromatic rings. The summed E-state index contributed by atoms with van der Waals surface area (Å²) in [6.45, 7) is 0. The SMILES string of the molecule is O=c1c(N=Nc2ccc(F)cc2)c(-c2ccc([N+](=O)[O-])cc2)[nH]n1-c1ccccc1. The number of non-ortho nitro benzene ring substituents is 1. The van der Waals surface area contributed by atoms with Gasteiger partial charge in [0, 0.05) is 17.7 Å². The maximum Gasteiger partial charge on any atom is 0.299 e. The van der Waals surface area contributed by atoms with Gasteiger partial charge in [-0.1, -0.05) is 18.2 Å². The number of hydrogen-bond donors (Lipinski definition) is 1. The van der Waals surface area contributed by atoms with Gasteiger partial charge in [-0.3, -0.25) is 20.0 Å². The summed E-state index contributed by atoms with van der Waals surface area (Å²) in [7, 11) is 0. The standard InChI is InChI=1S/C21H14FN5O3/c22-15-8-10-16(11-9-15)23-24-20-19(14-6-12-18(13-7-14)27(29)30)25-26(21(20)28)17-4-2-1-3-5-17/h1-13,25H. The Bertz CT molecular complexity index is 1280. The highest BCUT2D eigenvalue weighted by Crippen LogP contribution is 2.29. The maximum absolute atomic E-state index is 13.1. The topological polar surface area (TPSA) is 106 Å². The molecule has 8 nitrogen and oxygen atoms in total. The van der Waals surface area contributed by atoms with Gasteiger partial charge >= 0.3 is 0 Å². The minimum absolute atomic E-state index is 0.0250. The molecule has 1 heterocycles. The lowest BCUT2D eigenvalue weighted by Crippen LogP contribution is -2.13. The number of nitro benzene ring substituents is 1. The van der Waals surface area contributed by atoms with Gasteiger partial charge < -0.3 is 0 Å². The van der Waals surface area contributed by atoms with Crippen molar-refractivity contribution >= 4 is 17.1 Å². The fourth-order valence-electron chi connectivity index (χ4n) is 2.85. The number of benzene rings is 3. The van der Waals surface area contributed by atoms with Crippen LogP contribution < -0.4 is 5.56 Å². The molecule has 1 N–H and O–H groups in total. The molecule has 4 rings (SSSR count). The molecule has 0 spiro atoms. The number of nitrogens with one attached hydrogen (secondary N) is 1. The molecule has 0 fully saturated rings. The van der Waals surface area contributed by atoms with E-state index in [1.54, 1.807) is 24.3 Å². The number of rotatable bonds is 5. The second-order valence-electron chi connectivity index (χ2n) is 6.29. The van der Waals surface area contributed by atoms with Crippen LogP contribution in [0.1, 0.15) is 0 Å². The van der Waals surface area contributed by atoms with Gasteiger partial charge in [-0.05, 0) is 48.5 Å². The van der Waals surface area contributed by atoms with E-state index in [1.807, 2.05) is 6.07 Å². The van der Waals surface area contributed by atoms with Crippen LogP contribution in [0.15, 0.2) is 93.9 Å². The van der Waals surface area contributed by atoms with Crippen LogP contribution in [0.3, 0.4) is 0 Å². The average molecular weight is 403 g/mol. The van der Waals surface area contributed by atoms with Gasteiger partial charge in [-0.15, -0.1) is 5.11 Å². The van der Waals surface area contributed by atoms with Crippen LogP contribution in [0, 0.1) is 15.9 Å². The molecule has 1 aromatic heterocycles. The number of nitrogens with zero attached hydrogens (tertiary/aromatic N) is 4. The Balaban J connectivity index is 1.84. The van der Waals surface area contributed by atoms with E-state index in [4.69, 9.17) is 0 Å². The predicted octanol–water partition coefficient (Wildman–Crippen LogP) is 5.30. The summed E-state index contributed by atoms with van der Waals surface area (Å²) in [5, 5.41) is 22.0. The highest BCUT2D eigenvalue weighted by atomic mass is 19.1. The predicted molar refractivity (Wildman–Crippen MR) is 109 cm³/mol. The van der Waals surface area contributed by atoms with E-state index in [0.717, 1.165) is 0 Å². The number of aromatic amines is 1. The number of hydrogen-bond acceptors (Lipinski definition) is 5. The van der Waals surface area contributed by atoms with Crippen molar-refractivity contribution in [1.29, 1.82) is 0 Å². The monoisotopic (exact) mass is 403 g/mol. The second-order valence-corrected chi connectivity index (χ2v) is 6.29. The number of azo groups is 1. The largest absolute Gasteiger partial charge is 0.299 e. The smallest absolute Gasteiger partial charge is 0.288 e. The van der Waals surface area contributed by atoms with Crippen LogP contribution in [0.5, 0.6) is 0 Å². The molecule has 0 unspecified atom stereocenters. The van der Waals surface area contributed by atoms with E-state index in [0.29, 0.717) is 22.6 Å². The fraction of sp³-hybridized carbons (Fsp3) is 0. The van der Waals surface area contributed by atoms with Crippen LogP contribution in [0.4, 0.5) is 21.5 Å². The van der Waals surface area contributed by atoms with Gasteiger partial charge in [-0.25, -0.2) is 9.07 Å². The Morgan fingerprint density at radius 1 is 0.900 bits per heavy atom. The summed E-state index contributed by atoms with van der Waals surface area (Å²) < 4.78 is 14.4. The number of halogens is 1. The summed E-state index contributed by atoms with van der Waals surface area (Å²) in [5.41, 5.74) is 1.35. The van der Waals surface area contributed by atoms with E-state index in [2.05, 4.69) is 15.3 Å². The summed E-state index contributed by atoms with van der Waals surface area (Å²) >= 11 is 0. The van der Waals surface area contributed by atoms with Gasteiger partial charge in [0.1, 0.15) is 5.82 Å². The molecule has 30 heavy (non-hydrogen) atoms. The molecule has 9 heteroatoms. The lowest BCUT2D eigenvalue weighted by molar-refractivity contribution is -0.384. The van der Waals surface area contributed by atoms with Crippen LogP contribution in [0.25, 0.3) is 16.9 Å². The lowest BCUT2D eigenvalue weighted by atomic mass is 10.1. The normalized spacial score (nSPS) is 11.1. The van der Waals surface area contributed by atoms with Crippen LogP contribution in [-0.2, 0) is 0 Å². The molecule has 3 aromatic carbocycles. The molecule has 0 atom stereocenters. The molecule has 148 valence electrons. The van der Waals surface area contributed by atoms with Gasteiger partial charge in [-0.2, -0.15) is 5.11 Å². The van der Waals surface area contributed by atoms with Crippen molar-refractivity contribution in [3.8, 4) is 16.9 Å². The number of nitro groups is 1. The molecule has 0 bridgehead atoms. The van der Waals surface area contributed by atoms with E-state index in [1.165, 1.54) is 53.2 Å². The molecule has 0 saturated carbocycles. The van der Waals surface area contributed by atoms with Crippen molar-refractivity contribution in [2.45, 2.75) is 0 Å². The molecule has 0 aliphatic heterocycles. The van der Waals surface area contributed by atoms with E-state index in [-0.39, 0.29) is 11.4 Å². The Morgan fingerprint density at radius 3 is 2.20 bits per heavy atom. The van der Waals surface area contributed by atoms with Crippen molar-refractivity contribution in [3.05, 3.63) is 105 Å².